The maximum absolute atomic E-state index is 14.2. The Balaban J connectivity index is 2.25. The van der Waals surface area contributed by atoms with Crippen LogP contribution < -0.4 is 11.1 Å². The standard InChI is InChI=1S/C17H26FN3O3/c1-17(2,24)14(18)9-13-15(16(19)23)12(6-7-20-13)21-10-4-3-5-11(22)8-10/h6-7,10-11,14,22,24H,3-5,8-9H2,1-2H3,(H2,19,23)(H,20,21)/t10-,11+,14+/m0/s1. The molecule has 2 rings (SSSR count). The van der Waals surface area contributed by atoms with Crippen molar-refractivity contribution < 1.29 is 19.4 Å². The first-order valence-corrected chi connectivity index (χ1v) is 8.27. The van der Waals surface area contributed by atoms with Crippen molar-refractivity contribution in [3.05, 3.63) is 23.5 Å². The minimum absolute atomic E-state index is 0.0255. The molecule has 0 saturated heterocycles. The largest absolute Gasteiger partial charge is 0.393 e. The average molecular weight is 339 g/mol. The van der Waals surface area contributed by atoms with Gasteiger partial charge in [-0.15, -0.1) is 0 Å². The van der Waals surface area contributed by atoms with Crippen molar-refractivity contribution in [1.82, 2.24) is 4.98 Å². The zero-order chi connectivity index (χ0) is 17.9. The molecule has 1 aliphatic rings. The fourth-order valence-electron chi connectivity index (χ4n) is 2.99. The van der Waals surface area contributed by atoms with E-state index >= 15 is 0 Å². The van der Waals surface area contributed by atoms with Crippen LogP contribution in [0, 0.1) is 0 Å². The fourth-order valence-corrected chi connectivity index (χ4v) is 2.99. The van der Waals surface area contributed by atoms with E-state index in [2.05, 4.69) is 10.3 Å². The quantitative estimate of drug-likeness (QED) is 0.629. The number of primary amides is 1. The first-order valence-electron chi connectivity index (χ1n) is 8.27. The Bertz CT molecular complexity index is 589. The first-order chi connectivity index (χ1) is 11.2. The monoisotopic (exact) mass is 339 g/mol. The number of aromatic nitrogens is 1. The lowest BCUT2D eigenvalue weighted by Crippen LogP contribution is -2.35. The van der Waals surface area contributed by atoms with Crippen LogP contribution in [0.1, 0.15) is 55.6 Å². The molecular formula is C17H26FN3O3. The highest BCUT2D eigenvalue weighted by Gasteiger charge is 2.30. The topological polar surface area (TPSA) is 108 Å². The molecule has 1 fully saturated rings. The first kappa shape index (κ1) is 18.6. The second-order valence-corrected chi connectivity index (χ2v) is 7.03. The molecule has 0 spiro atoms. The predicted molar refractivity (Wildman–Crippen MR) is 89.5 cm³/mol. The number of hydrogen-bond donors (Lipinski definition) is 4. The van der Waals surface area contributed by atoms with Crippen LogP contribution in [0.5, 0.6) is 0 Å². The van der Waals surface area contributed by atoms with E-state index in [9.17, 15) is 19.4 Å². The Kier molecular flexibility index (Phi) is 5.77. The molecule has 7 heteroatoms. The Labute approximate surface area is 141 Å². The number of nitrogens with zero attached hydrogens (tertiary/aromatic N) is 1. The number of amides is 1. The summed E-state index contributed by atoms with van der Waals surface area (Å²) < 4.78 is 14.2. The number of nitrogens with one attached hydrogen (secondary N) is 1. The summed E-state index contributed by atoms with van der Waals surface area (Å²) in [6.45, 7) is 2.74. The van der Waals surface area contributed by atoms with Gasteiger partial charge in [0.1, 0.15) is 6.17 Å². The number of hydrogen-bond acceptors (Lipinski definition) is 5. The molecule has 1 aromatic heterocycles. The van der Waals surface area contributed by atoms with Gasteiger partial charge in [0.25, 0.3) is 5.91 Å². The molecule has 1 heterocycles. The molecule has 6 nitrogen and oxygen atoms in total. The maximum Gasteiger partial charge on any atom is 0.252 e. The highest BCUT2D eigenvalue weighted by Crippen LogP contribution is 2.27. The second-order valence-electron chi connectivity index (χ2n) is 7.03. The lowest BCUT2D eigenvalue weighted by Gasteiger charge is -2.28. The number of carbonyl (C=O) groups is 1. The Hall–Kier alpha value is -1.73. The number of aliphatic hydroxyl groups is 2. The molecule has 1 amide bonds. The molecule has 1 aromatic rings. The van der Waals surface area contributed by atoms with Crippen molar-refractivity contribution in [3.63, 3.8) is 0 Å². The van der Waals surface area contributed by atoms with E-state index in [-0.39, 0.29) is 29.8 Å². The molecule has 0 aliphatic heterocycles. The molecule has 5 N–H and O–H groups in total. The highest BCUT2D eigenvalue weighted by molar-refractivity contribution is 5.99. The third kappa shape index (κ3) is 4.64. The van der Waals surface area contributed by atoms with Crippen molar-refractivity contribution >= 4 is 11.6 Å². The Morgan fingerprint density at radius 3 is 2.83 bits per heavy atom. The summed E-state index contributed by atoms with van der Waals surface area (Å²) in [5.74, 6) is -0.695. The zero-order valence-electron chi connectivity index (χ0n) is 14.1. The van der Waals surface area contributed by atoms with Gasteiger partial charge in [-0.05, 0) is 45.6 Å². The predicted octanol–water partition coefficient (Wildman–Crippen LogP) is 1.55. The molecule has 1 aliphatic carbocycles. The summed E-state index contributed by atoms with van der Waals surface area (Å²) in [5.41, 5.74) is 4.80. The van der Waals surface area contributed by atoms with Gasteiger partial charge in [0.2, 0.25) is 0 Å². The molecular weight excluding hydrogens is 313 g/mol. The number of anilines is 1. The second kappa shape index (κ2) is 7.44. The minimum Gasteiger partial charge on any atom is -0.393 e. The zero-order valence-corrected chi connectivity index (χ0v) is 14.1. The van der Waals surface area contributed by atoms with Gasteiger partial charge in [-0.1, -0.05) is 0 Å². The van der Waals surface area contributed by atoms with Crippen molar-refractivity contribution in [2.75, 3.05) is 5.32 Å². The summed E-state index contributed by atoms with van der Waals surface area (Å²) in [7, 11) is 0. The smallest absolute Gasteiger partial charge is 0.252 e. The van der Waals surface area contributed by atoms with Gasteiger partial charge in [-0.2, -0.15) is 0 Å². The highest BCUT2D eigenvalue weighted by atomic mass is 19.1. The van der Waals surface area contributed by atoms with Gasteiger partial charge < -0.3 is 21.3 Å². The maximum atomic E-state index is 14.2. The summed E-state index contributed by atoms with van der Waals surface area (Å²) >= 11 is 0. The number of halogens is 1. The van der Waals surface area contributed by atoms with Crippen LogP contribution in [0.15, 0.2) is 12.3 Å². The average Bonchev–Trinajstić information content (AvgIpc) is 2.46. The van der Waals surface area contributed by atoms with Crippen LogP contribution in [0.25, 0.3) is 0 Å². The van der Waals surface area contributed by atoms with Crippen LogP contribution in [0.3, 0.4) is 0 Å². The fraction of sp³-hybridized carbons (Fsp3) is 0.647. The molecule has 0 aromatic carbocycles. The summed E-state index contributed by atoms with van der Waals surface area (Å²) in [6.07, 6.45) is 2.49. The lowest BCUT2D eigenvalue weighted by atomic mass is 9.92. The van der Waals surface area contributed by atoms with Crippen molar-refractivity contribution in [2.24, 2.45) is 5.73 Å². The van der Waals surface area contributed by atoms with Crippen LogP contribution >= 0.6 is 0 Å². The third-order valence-electron chi connectivity index (χ3n) is 4.42. The van der Waals surface area contributed by atoms with Crippen LogP contribution in [0.4, 0.5) is 10.1 Å². The SMILES string of the molecule is CC(C)(O)[C@H](F)Cc1nccc(N[C@H]2CCC[C@@H](O)C2)c1C(N)=O. The number of carbonyl (C=O) groups excluding carboxylic acids is 1. The van der Waals surface area contributed by atoms with E-state index < -0.39 is 17.7 Å². The summed E-state index contributed by atoms with van der Waals surface area (Å²) in [4.78, 5) is 16.0. The van der Waals surface area contributed by atoms with Crippen molar-refractivity contribution in [2.45, 2.75) is 69.9 Å². The molecule has 1 saturated carbocycles. The number of nitrogens with two attached hydrogens (primary N) is 1. The van der Waals surface area contributed by atoms with E-state index in [1.54, 1.807) is 6.07 Å². The van der Waals surface area contributed by atoms with Gasteiger partial charge in [-0.3, -0.25) is 9.78 Å². The number of rotatable bonds is 6. The van der Waals surface area contributed by atoms with E-state index in [0.29, 0.717) is 12.1 Å². The van der Waals surface area contributed by atoms with Gasteiger partial charge in [-0.25, -0.2) is 4.39 Å². The van der Waals surface area contributed by atoms with Gasteiger partial charge in [0, 0.05) is 18.7 Å². The normalized spacial score (nSPS) is 22.9. The van der Waals surface area contributed by atoms with Gasteiger partial charge >= 0.3 is 0 Å². The summed E-state index contributed by atoms with van der Waals surface area (Å²) in [6, 6.07) is 1.65. The van der Waals surface area contributed by atoms with Crippen molar-refractivity contribution in [1.29, 1.82) is 0 Å². The van der Waals surface area contributed by atoms with Gasteiger partial charge in [0.05, 0.1) is 28.6 Å². The van der Waals surface area contributed by atoms with E-state index in [1.165, 1.54) is 20.0 Å². The van der Waals surface area contributed by atoms with E-state index in [0.717, 1.165) is 19.3 Å². The number of alkyl halides is 1. The minimum atomic E-state index is -1.57. The van der Waals surface area contributed by atoms with E-state index in [4.69, 9.17) is 5.73 Å². The van der Waals surface area contributed by atoms with E-state index in [1.807, 2.05) is 0 Å². The molecule has 3 atom stereocenters. The summed E-state index contributed by atoms with van der Waals surface area (Å²) in [5, 5.41) is 22.8. The lowest BCUT2D eigenvalue weighted by molar-refractivity contribution is -0.00307. The Morgan fingerprint density at radius 1 is 1.54 bits per heavy atom. The number of aliphatic hydroxyl groups excluding tert-OH is 1. The van der Waals surface area contributed by atoms with Crippen LogP contribution in [-0.4, -0.2) is 45.0 Å². The molecule has 0 unspecified atom stereocenters. The van der Waals surface area contributed by atoms with Crippen molar-refractivity contribution in [3.8, 4) is 0 Å². The van der Waals surface area contributed by atoms with Gasteiger partial charge in [0.15, 0.2) is 0 Å². The molecule has 134 valence electrons. The Morgan fingerprint density at radius 2 is 2.25 bits per heavy atom. The van der Waals surface area contributed by atoms with Crippen LogP contribution in [0.2, 0.25) is 0 Å². The molecule has 0 bridgehead atoms. The number of pyridine rings is 1. The molecule has 24 heavy (non-hydrogen) atoms. The molecule has 0 radical (unpaired) electrons. The van der Waals surface area contributed by atoms with Crippen LogP contribution in [-0.2, 0) is 6.42 Å². The third-order valence-corrected chi connectivity index (χ3v) is 4.42.